The van der Waals surface area contributed by atoms with Crippen LogP contribution in [-0.2, 0) is 0 Å². The summed E-state index contributed by atoms with van der Waals surface area (Å²) < 4.78 is 37.2. The summed E-state index contributed by atoms with van der Waals surface area (Å²) >= 11 is 2.97. The summed E-state index contributed by atoms with van der Waals surface area (Å²) in [6.45, 7) is 0. The van der Waals surface area contributed by atoms with Crippen LogP contribution in [0, 0.1) is 10.1 Å². The molecular formula is C8H8BrF3N2O2. The highest BCUT2D eigenvalue weighted by Crippen LogP contribution is 2.33. The standard InChI is InChI=1S/C8H8BrF3N2O2/c1-13-7-5(9)2-4(8(10,11)12)3-6(7)14(15)16/h2-3,5,7,13H,1H3. The lowest BCUT2D eigenvalue weighted by atomic mass is 9.99. The van der Waals surface area contributed by atoms with Gasteiger partial charge in [0.1, 0.15) is 6.04 Å². The second-order valence-corrected chi connectivity index (χ2v) is 4.21. The van der Waals surface area contributed by atoms with Gasteiger partial charge in [-0.25, -0.2) is 0 Å². The van der Waals surface area contributed by atoms with E-state index >= 15 is 0 Å². The van der Waals surface area contributed by atoms with E-state index in [1.54, 1.807) is 0 Å². The number of halogens is 4. The molecule has 0 aromatic carbocycles. The number of nitrogens with zero attached hydrogens (tertiary/aromatic N) is 1. The third kappa shape index (κ3) is 2.62. The second kappa shape index (κ2) is 4.54. The Kier molecular flexibility index (Phi) is 3.74. The first-order valence-electron chi connectivity index (χ1n) is 4.23. The smallest absolute Gasteiger partial charge is 0.307 e. The molecule has 0 fully saturated rings. The number of allylic oxidation sites excluding steroid dienone is 2. The molecule has 0 saturated heterocycles. The zero-order chi connectivity index (χ0) is 12.5. The molecule has 1 aliphatic rings. The summed E-state index contributed by atoms with van der Waals surface area (Å²) in [6.07, 6.45) is -3.11. The van der Waals surface area contributed by atoms with E-state index < -0.39 is 33.2 Å². The van der Waals surface area contributed by atoms with E-state index in [0.717, 1.165) is 6.08 Å². The van der Waals surface area contributed by atoms with Crippen molar-refractivity contribution in [3.8, 4) is 0 Å². The molecular weight excluding hydrogens is 293 g/mol. The zero-order valence-electron chi connectivity index (χ0n) is 8.08. The molecule has 0 radical (unpaired) electrons. The molecule has 1 N–H and O–H groups in total. The van der Waals surface area contributed by atoms with Crippen LogP contribution in [0.3, 0.4) is 0 Å². The Balaban J connectivity index is 3.15. The molecule has 0 saturated carbocycles. The van der Waals surface area contributed by atoms with Gasteiger partial charge in [0.05, 0.1) is 15.3 Å². The Morgan fingerprint density at radius 1 is 1.56 bits per heavy atom. The molecule has 0 heterocycles. The number of rotatable bonds is 2. The third-order valence-corrected chi connectivity index (χ3v) is 2.92. The summed E-state index contributed by atoms with van der Waals surface area (Å²) in [6, 6.07) is -0.777. The summed E-state index contributed by atoms with van der Waals surface area (Å²) in [7, 11) is 1.45. The molecule has 8 heteroatoms. The minimum absolute atomic E-state index is 0.501. The lowest BCUT2D eigenvalue weighted by Crippen LogP contribution is -2.40. The molecule has 0 amide bonds. The molecule has 0 bridgehead atoms. The Morgan fingerprint density at radius 3 is 2.50 bits per heavy atom. The Bertz CT molecular complexity index is 365. The highest BCUT2D eigenvalue weighted by Gasteiger charge is 2.41. The highest BCUT2D eigenvalue weighted by atomic mass is 79.9. The molecule has 0 aliphatic heterocycles. The summed E-state index contributed by atoms with van der Waals surface area (Å²) in [4.78, 5) is 9.05. The van der Waals surface area contributed by atoms with Gasteiger partial charge in [-0.2, -0.15) is 13.2 Å². The van der Waals surface area contributed by atoms with E-state index in [0.29, 0.717) is 6.08 Å². The van der Waals surface area contributed by atoms with Gasteiger partial charge < -0.3 is 5.32 Å². The molecule has 2 atom stereocenters. The lowest BCUT2D eigenvalue weighted by Gasteiger charge is -2.22. The number of nitrogens with one attached hydrogen (secondary N) is 1. The van der Waals surface area contributed by atoms with E-state index in [9.17, 15) is 23.3 Å². The van der Waals surface area contributed by atoms with E-state index in [4.69, 9.17) is 0 Å². The van der Waals surface area contributed by atoms with Crippen LogP contribution in [0.5, 0.6) is 0 Å². The van der Waals surface area contributed by atoms with Crippen LogP contribution in [0.25, 0.3) is 0 Å². The molecule has 0 aromatic heterocycles. The van der Waals surface area contributed by atoms with Crippen molar-refractivity contribution < 1.29 is 18.1 Å². The third-order valence-electron chi connectivity index (χ3n) is 2.13. The van der Waals surface area contributed by atoms with Crippen LogP contribution in [0.1, 0.15) is 0 Å². The van der Waals surface area contributed by atoms with Crippen molar-refractivity contribution in [1.29, 1.82) is 0 Å². The fourth-order valence-electron chi connectivity index (χ4n) is 1.38. The number of hydrogen-bond acceptors (Lipinski definition) is 3. The Labute approximate surface area is 97.5 Å². The van der Waals surface area contributed by atoms with Gasteiger partial charge in [-0.05, 0) is 7.05 Å². The van der Waals surface area contributed by atoms with Crippen LogP contribution in [0.2, 0.25) is 0 Å². The van der Waals surface area contributed by atoms with Gasteiger partial charge in [0.25, 0.3) is 5.70 Å². The minimum Gasteiger partial charge on any atom is -0.307 e. The monoisotopic (exact) mass is 300 g/mol. The molecule has 1 rings (SSSR count). The molecule has 2 unspecified atom stereocenters. The summed E-state index contributed by atoms with van der Waals surface area (Å²) in [5.74, 6) is 0. The van der Waals surface area contributed by atoms with Crippen molar-refractivity contribution in [3.05, 3.63) is 33.5 Å². The predicted octanol–water partition coefficient (Wildman–Crippen LogP) is 2.00. The Hall–Kier alpha value is -0.890. The van der Waals surface area contributed by atoms with Crippen molar-refractivity contribution in [3.63, 3.8) is 0 Å². The van der Waals surface area contributed by atoms with Crippen molar-refractivity contribution in [2.45, 2.75) is 17.0 Å². The molecule has 16 heavy (non-hydrogen) atoms. The van der Waals surface area contributed by atoms with Gasteiger partial charge in [0.2, 0.25) is 0 Å². The first kappa shape index (κ1) is 13.2. The summed E-state index contributed by atoms with van der Waals surface area (Å²) in [5, 5.41) is 13.2. The van der Waals surface area contributed by atoms with Gasteiger partial charge >= 0.3 is 6.18 Å². The second-order valence-electron chi connectivity index (χ2n) is 3.16. The zero-order valence-corrected chi connectivity index (χ0v) is 9.67. The van der Waals surface area contributed by atoms with E-state index in [-0.39, 0.29) is 0 Å². The van der Waals surface area contributed by atoms with Crippen molar-refractivity contribution in [2.24, 2.45) is 0 Å². The average molecular weight is 301 g/mol. The molecule has 90 valence electrons. The van der Waals surface area contributed by atoms with Gasteiger partial charge in [-0.1, -0.05) is 22.0 Å². The fraction of sp³-hybridized carbons (Fsp3) is 0.500. The van der Waals surface area contributed by atoms with Crippen molar-refractivity contribution >= 4 is 15.9 Å². The lowest BCUT2D eigenvalue weighted by molar-refractivity contribution is -0.430. The topological polar surface area (TPSA) is 55.2 Å². The first-order chi connectivity index (χ1) is 7.27. The van der Waals surface area contributed by atoms with E-state index in [1.165, 1.54) is 7.05 Å². The SMILES string of the molecule is CNC1C([N+](=O)[O-])=CC(C(F)(F)F)=CC1Br. The van der Waals surface area contributed by atoms with Gasteiger partial charge in [0, 0.05) is 6.08 Å². The van der Waals surface area contributed by atoms with Gasteiger partial charge in [-0.15, -0.1) is 0 Å². The maximum atomic E-state index is 12.4. The van der Waals surface area contributed by atoms with Gasteiger partial charge in [-0.3, -0.25) is 10.1 Å². The fourth-order valence-corrected chi connectivity index (χ4v) is 2.20. The minimum atomic E-state index is -4.58. The van der Waals surface area contributed by atoms with Crippen molar-refractivity contribution in [1.82, 2.24) is 5.32 Å². The van der Waals surface area contributed by atoms with Crippen LogP contribution in [0.15, 0.2) is 23.4 Å². The molecule has 0 aromatic rings. The molecule has 0 spiro atoms. The van der Waals surface area contributed by atoms with Crippen LogP contribution < -0.4 is 5.32 Å². The number of nitro groups is 1. The maximum absolute atomic E-state index is 12.4. The van der Waals surface area contributed by atoms with E-state index in [1.807, 2.05) is 0 Å². The largest absolute Gasteiger partial charge is 0.416 e. The average Bonchev–Trinajstić information content (AvgIpc) is 2.14. The number of likely N-dealkylation sites (N-methyl/N-ethyl adjacent to an activating group) is 1. The quantitative estimate of drug-likeness (QED) is 0.482. The normalized spacial score (nSPS) is 26.1. The van der Waals surface area contributed by atoms with Crippen molar-refractivity contribution in [2.75, 3.05) is 7.05 Å². The predicted molar refractivity (Wildman–Crippen MR) is 54.8 cm³/mol. The Morgan fingerprint density at radius 2 is 2.12 bits per heavy atom. The number of hydrogen-bond donors (Lipinski definition) is 1. The van der Waals surface area contributed by atoms with Crippen LogP contribution in [0.4, 0.5) is 13.2 Å². The number of alkyl halides is 4. The molecule has 4 nitrogen and oxygen atoms in total. The summed E-state index contributed by atoms with van der Waals surface area (Å²) in [5.41, 5.74) is -1.51. The highest BCUT2D eigenvalue weighted by molar-refractivity contribution is 9.09. The van der Waals surface area contributed by atoms with Crippen LogP contribution >= 0.6 is 15.9 Å². The first-order valence-corrected chi connectivity index (χ1v) is 5.15. The van der Waals surface area contributed by atoms with Crippen LogP contribution in [-0.4, -0.2) is 29.0 Å². The van der Waals surface area contributed by atoms with E-state index in [2.05, 4.69) is 21.2 Å². The maximum Gasteiger partial charge on any atom is 0.416 e. The van der Waals surface area contributed by atoms with Gasteiger partial charge in [0.15, 0.2) is 0 Å². The molecule has 1 aliphatic carbocycles.